The number of aliphatic hydroxyl groups is 1. The number of aliphatic hydroxyl groups excluding tert-OH is 1. The van der Waals surface area contributed by atoms with E-state index in [9.17, 15) is 5.11 Å². The summed E-state index contributed by atoms with van der Waals surface area (Å²) in [5.41, 5.74) is 4.43. The number of para-hydroxylation sites is 1. The first-order valence-electron chi connectivity index (χ1n) is 8.85. The van der Waals surface area contributed by atoms with Crippen molar-refractivity contribution in [3.8, 4) is 11.8 Å². The van der Waals surface area contributed by atoms with Gasteiger partial charge in [0.1, 0.15) is 18.5 Å². The molecule has 1 aliphatic heterocycles. The maximum Gasteiger partial charge on any atom is 0.119 e. The van der Waals surface area contributed by atoms with Crippen molar-refractivity contribution in [3.05, 3.63) is 65.4 Å². The van der Waals surface area contributed by atoms with Crippen LogP contribution in [-0.2, 0) is 13.0 Å². The van der Waals surface area contributed by atoms with Gasteiger partial charge in [0, 0.05) is 36.2 Å². The minimum Gasteiger partial charge on any atom is -0.491 e. The van der Waals surface area contributed by atoms with Crippen LogP contribution in [0, 0.1) is 11.3 Å². The van der Waals surface area contributed by atoms with Crippen LogP contribution in [0.3, 0.4) is 0 Å². The van der Waals surface area contributed by atoms with E-state index in [0.717, 1.165) is 19.5 Å². The predicted octanol–water partition coefficient (Wildman–Crippen LogP) is 2.84. The topological polar surface area (TPSA) is 72.3 Å². The van der Waals surface area contributed by atoms with Crippen molar-refractivity contribution in [1.29, 1.82) is 5.26 Å². The molecule has 1 aliphatic rings. The molecule has 4 rings (SSSR count). The molecule has 1 unspecified atom stereocenters. The molecule has 5 heteroatoms. The van der Waals surface area contributed by atoms with Crippen LogP contribution in [0.5, 0.6) is 5.75 Å². The Bertz CT molecular complexity index is 940. The highest BCUT2D eigenvalue weighted by Crippen LogP contribution is 2.27. The lowest BCUT2D eigenvalue weighted by atomic mass is 10.0. The molecule has 0 fully saturated rings. The second-order valence-corrected chi connectivity index (χ2v) is 6.71. The molecule has 0 radical (unpaired) electrons. The first-order chi connectivity index (χ1) is 12.7. The normalized spacial score (nSPS) is 15.4. The summed E-state index contributed by atoms with van der Waals surface area (Å²) in [5, 5.41) is 20.4. The quantitative estimate of drug-likeness (QED) is 0.744. The van der Waals surface area contributed by atoms with Crippen molar-refractivity contribution in [2.75, 3.05) is 19.7 Å². The number of hydrogen-bond donors (Lipinski definition) is 2. The maximum atomic E-state index is 10.3. The summed E-state index contributed by atoms with van der Waals surface area (Å²) >= 11 is 0. The van der Waals surface area contributed by atoms with Gasteiger partial charge >= 0.3 is 0 Å². The predicted molar refractivity (Wildman–Crippen MR) is 99.9 cm³/mol. The van der Waals surface area contributed by atoms with Gasteiger partial charge in [-0.1, -0.05) is 18.2 Å². The average molecular weight is 347 g/mol. The number of nitrogens with one attached hydrogen (secondary N) is 1. The highest BCUT2D eigenvalue weighted by molar-refractivity contribution is 5.84. The fourth-order valence-electron chi connectivity index (χ4n) is 3.57. The average Bonchev–Trinajstić information content (AvgIpc) is 3.04. The van der Waals surface area contributed by atoms with Gasteiger partial charge in [-0.15, -0.1) is 0 Å². The lowest BCUT2D eigenvalue weighted by Crippen LogP contribution is -2.38. The van der Waals surface area contributed by atoms with Crippen LogP contribution in [0.4, 0.5) is 0 Å². The molecule has 0 saturated carbocycles. The third-order valence-corrected chi connectivity index (χ3v) is 4.86. The molecule has 1 atom stereocenters. The molecule has 2 heterocycles. The van der Waals surface area contributed by atoms with Gasteiger partial charge in [-0.05, 0) is 42.3 Å². The third kappa shape index (κ3) is 3.43. The van der Waals surface area contributed by atoms with Gasteiger partial charge in [-0.25, -0.2) is 0 Å². The van der Waals surface area contributed by atoms with Crippen LogP contribution < -0.4 is 4.74 Å². The van der Waals surface area contributed by atoms with Crippen LogP contribution in [0.15, 0.2) is 48.5 Å². The summed E-state index contributed by atoms with van der Waals surface area (Å²) in [6.07, 6.45) is 0.430. The number of rotatable bonds is 5. The molecule has 0 amide bonds. The summed E-state index contributed by atoms with van der Waals surface area (Å²) in [6, 6.07) is 17.4. The zero-order chi connectivity index (χ0) is 17.9. The Morgan fingerprint density at radius 1 is 1.19 bits per heavy atom. The van der Waals surface area contributed by atoms with Gasteiger partial charge in [-0.3, -0.25) is 4.90 Å². The van der Waals surface area contributed by atoms with Gasteiger partial charge in [0.2, 0.25) is 0 Å². The molecule has 0 saturated heterocycles. The smallest absolute Gasteiger partial charge is 0.119 e. The Hall–Kier alpha value is -2.81. The maximum absolute atomic E-state index is 10.3. The molecule has 0 aliphatic carbocycles. The van der Waals surface area contributed by atoms with Crippen LogP contribution in [0.1, 0.15) is 16.8 Å². The monoisotopic (exact) mass is 347 g/mol. The van der Waals surface area contributed by atoms with Gasteiger partial charge in [0.15, 0.2) is 0 Å². The van der Waals surface area contributed by atoms with E-state index in [1.807, 2.05) is 6.07 Å². The van der Waals surface area contributed by atoms with E-state index in [-0.39, 0.29) is 6.61 Å². The van der Waals surface area contributed by atoms with E-state index in [1.54, 1.807) is 24.3 Å². The number of nitriles is 1. The van der Waals surface area contributed by atoms with E-state index in [0.29, 0.717) is 17.9 Å². The largest absolute Gasteiger partial charge is 0.491 e. The molecule has 1 aromatic heterocycles. The minimum absolute atomic E-state index is 0.238. The number of H-pyrrole nitrogens is 1. The standard InChI is InChI=1S/C21H21N3O2/c22-11-15-5-7-17(8-6-15)26-14-16(25)12-24-10-9-19-18-3-1-2-4-20(18)23-21(19)13-24/h1-8,16,23,25H,9-10,12-14H2. The SMILES string of the molecule is N#Cc1ccc(OCC(O)CN2CCc3c([nH]c4ccccc34)C2)cc1. The van der Waals surface area contributed by atoms with E-state index in [1.165, 1.54) is 22.2 Å². The van der Waals surface area contributed by atoms with Crippen LogP contribution in [-0.4, -0.2) is 40.8 Å². The number of benzene rings is 2. The van der Waals surface area contributed by atoms with Crippen molar-refractivity contribution < 1.29 is 9.84 Å². The molecule has 26 heavy (non-hydrogen) atoms. The van der Waals surface area contributed by atoms with Gasteiger partial charge < -0.3 is 14.8 Å². The summed E-state index contributed by atoms with van der Waals surface area (Å²) in [7, 11) is 0. The van der Waals surface area contributed by atoms with Crippen LogP contribution in [0.25, 0.3) is 10.9 Å². The molecule has 5 nitrogen and oxygen atoms in total. The van der Waals surface area contributed by atoms with Crippen molar-refractivity contribution in [1.82, 2.24) is 9.88 Å². The highest BCUT2D eigenvalue weighted by atomic mass is 16.5. The Labute approximate surface area is 152 Å². The second kappa shape index (κ2) is 7.20. The van der Waals surface area contributed by atoms with Gasteiger partial charge in [0.25, 0.3) is 0 Å². The molecule has 3 aromatic rings. The zero-order valence-corrected chi connectivity index (χ0v) is 14.5. The number of aromatic nitrogens is 1. The Morgan fingerprint density at radius 3 is 2.81 bits per heavy atom. The summed E-state index contributed by atoms with van der Waals surface area (Å²) in [6.45, 7) is 2.56. The van der Waals surface area contributed by atoms with Crippen molar-refractivity contribution in [3.63, 3.8) is 0 Å². The third-order valence-electron chi connectivity index (χ3n) is 4.86. The number of ether oxygens (including phenoxy) is 1. The summed E-state index contributed by atoms with van der Waals surface area (Å²) in [4.78, 5) is 5.76. The molecule has 0 spiro atoms. The number of β-amino-alcohol motifs (C(OH)–C–C–N with tert-alkyl or cyclic N) is 1. The van der Waals surface area contributed by atoms with Crippen LogP contribution in [0.2, 0.25) is 0 Å². The minimum atomic E-state index is -0.559. The Kier molecular flexibility index (Phi) is 4.61. The van der Waals surface area contributed by atoms with Gasteiger partial charge in [0.05, 0.1) is 11.6 Å². The highest BCUT2D eigenvalue weighted by Gasteiger charge is 2.22. The molecule has 2 aromatic carbocycles. The summed E-state index contributed by atoms with van der Waals surface area (Å²) in [5.74, 6) is 0.666. The van der Waals surface area contributed by atoms with Crippen molar-refractivity contribution in [2.24, 2.45) is 0 Å². The Morgan fingerprint density at radius 2 is 2.00 bits per heavy atom. The lowest BCUT2D eigenvalue weighted by molar-refractivity contribution is 0.0634. The molecule has 132 valence electrons. The van der Waals surface area contributed by atoms with Crippen molar-refractivity contribution >= 4 is 10.9 Å². The van der Waals surface area contributed by atoms with E-state index >= 15 is 0 Å². The zero-order valence-electron chi connectivity index (χ0n) is 14.5. The lowest BCUT2D eigenvalue weighted by Gasteiger charge is -2.28. The summed E-state index contributed by atoms with van der Waals surface area (Å²) < 4.78 is 5.63. The number of nitrogens with zero attached hydrogens (tertiary/aromatic N) is 2. The van der Waals surface area contributed by atoms with Crippen molar-refractivity contribution in [2.45, 2.75) is 19.1 Å². The molecular formula is C21H21N3O2. The van der Waals surface area contributed by atoms with E-state index < -0.39 is 6.10 Å². The van der Waals surface area contributed by atoms with Crippen LogP contribution >= 0.6 is 0 Å². The van der Waals surface area contributed by atoms with E-state index in [2.05, 4.69) is 34.2 Å². The van der Waals surface area contributed by atoms with Gasteiger partial charge in [-0.2, -0.15) is 5.26 Å². The number of hydrogen-bond acceptors (Lipinski definition) is 4. The fourth-order valence-corrected chi connectivity index (χ4v) is 3.57. The first-order valence-corrected chi connectivity index (χ1v) is 8.85. The number of aromatic amines is 1. The van der Waals surface area contributed by atoms with E-state index in [4.69, 9.17) is 10.00 Å². The molecule has 0 bridgehead atoms. The Balaban J connectivity index is 1.33. The second-order valence-electron chi connectivity index (χ2n) is 6.71. The molecule has 2 N–H and O–H groups in total. The number of fused-ring (bicyclic) bond motifs is 3. The fraction of sp³-hybridized carbons (Fsp3) is 0.286. The molecular weight excluding hydrogens is 326 g/mol. The first kappa shape index (κ1) is 16.6.